The second kappa shape index (κ2) is 13.7. The lowest BCUT2D eigenvalue weighted by molar-refractivity contribution is 0.660. The van der Waals surface area contributed by atoms with Crippen LogP contribution in [0.4, 0.5) is 17.1 Å². The molecule has 1 nitrogen and oxygen atoms in total. The first-order chi connectivity index (χ1) is 29.0. The molecular formula is C58H43N. The Morgan fingerprint density at radius 2 is 0.746 bits per heavy atom. The van der Waals surface area contributed by atoms with Gasteiger partial charge in [0.25, 0.3) is 0 Å². The lowest BCUT2D eigenvalue weighted by Gasteiger charge is -2.34. The van der Waals surface area contributed by atoms with Gasteiger partial charge >= 0.3 is 0 Å². The highest BCUT2D eigenvalue weighted by Crippen LogP contribution is 2.57. The monoisotopic (exact) mass is 753 g/mol. The molecule has 11 rings (SSSR count). The molecule has 0 bridgehead atoms. The minimum absolute atomic E-state index is 0.122. The van der Waals surface area contributed by atoms with E-state index in [0.29, 0.717) is 0 Å². The fourth-order valence-electron chi connectivity index (χ4n) is 10.2. The maximum absolute atomic E-state index is 2.46. The fourth-order valence-corrected chi connectivity index (χ4v) is 10.2. The summed E-state index contributed by atoms with van der Waals surface area (Å²) < 4.78 is 0. The summed E-state index contributed by atoms with van der Waals surface area (Å²) >= 11 is 0. The first-order valence-corrected chi connectivity index (χ1v) is 20.7. The molecule has 280 valence electrons. The van der Waals surface area contributed by atoms with Crippen molar-refractivity contribution in [1.29, 1.82) is 0 Å². The van der Waals surface area contributed by atoms with Crippen molar-refractivity contribution in [3.63, 3.8) is 0 Å². The molecule has 59 heavy (non-hydrogen) atoms. The van der Waals surface area contributed by atoms with E-state index in [9.17, 15) is 0 Å². The highest BCUT2D eigenvalue weighted by Gasteiger charge is 2.46. The second-order valence-electron chi connectivity index (χ2n) is 16.5. The Labute approximate surface area is 347 Å². The molecule has 0 N–H and O–H groups in total. The Bertz CT molecular complexity index is 2960. The van der Waals surface area contributed by atoms with Gasteiger partial charge in [0.15, 0.2) is 0 Å². The highest BCUT2D eigenvalue weighted by atomic mass is 15.1. The lowest BCUT2D eigenvalue weighted by atomic mass is 9.68. The van der Waals surface area contributed by atoms with Crippen LogP contribution in [0.5, 0.6) is 0 Å². The van der Waals surface area contributed by atoms with Crippen molar-refractivity contribution in [2.75, 3.05) is 4.90 Å². The molecule has 0 unspecified atom stereocenters. The molecule has 0 saturated heterocycles. The topological polar surface area (TPSA) is 3.24 Å². The Morgan fingerprint density at radius 1 is 0.288 bits per heavy atom. The molecule has 0 atom stereocenters. The molecule has 0 fully saturated rings. The standard InChI is InChI=1S/C58H43N/c1-57(2)53-27-14-12-25-49(53)51-35-33-48(39-56(51)57)59(46-31-29-41(30-32-46)43-20-16-19-42(37-43)40-17-6-3-7-18-40)47-34-36-55-52(38-47)50-26-13-15-28-54(50)58(55,44-21-8-4-9-22-44)45-23-10-5-11-24-45/h3-39H,1-2H3. The van der Waals surface area contributed by atoms with Gasteiger partial charge in [-0.25, -0.2) is 0 Å². The average Bonchev–Trinajstić information content (AvgIpc) is 3.73. The maximum atomic E-state index is 2.46. The van der Waals surface area contributed by atoms with Gasteiger partial charge in [0.2, 0.25) is 0 Å². The SMILES string of the molecule is CC1(C)c2ccccc2-c2ccc(N(c3ccc(-c4cccc(-c5ccccc5)c4)cc3)c3ccc4c(c3)-c3ccccc3C4(c3ccccc3)c3ccccc3)cc21. The summed E-state index contributed by atoms with van der Waals surface area (Å²) in [4.78, 5) is 2.46. The van der Waals surface area contributed by atoms with Crippen molar-refractivity contribution in [2.24, 2.45) is 0 Å². The summed E-state index contributed by atoms with van der Waals surface area (Å²) in [5.41, 5.74) is 20.7. The van der Waals surface area contributed by atoms with Crippen LogP contribution in [-0.4, -0.2) is 0 Å². The fraction of sp³-hybridized carbons (Fsp3) is 0.0690. The van der Waals surface area contributed by atoms with E-state index in [4.69, 9.17) is 0 Å². The van der Waals surface area contributed by atoms with Crippen LogP contribution >= 0.6 is 0 Å². The summed E-state index contributed by atoms with van der Waals surface area (Å²) in [5, 5.41) is 0. The van der Waals surface area contributed by atoms with Crippen LogP contribution in [0.3, 0.4) is 0 Å². The van der Waals surface area contributed by atoms with Gasteiger partial charge in [0.05, 0.1) is 5.41 Å². The van der Waals surface area contributed by atoms with Crippen LogP contribution in [0.25, 0.3) is 44.5 Å². The van der Waals surface area contributed by atoms with Crippen molar-refractivity contribution in [1.82, 2.24) is 0 Å². The van der Waals surface area contributed by atoms with Gasteiger partial charge in [0.1, 0.15) is 0 Å². The van der Waals surface area contributed by atoms with E-state index in [1.165, 1.54) is 77.9 Å². The molecule has 1 heteroatoms. The third kappa shape index (κ3) is 5.46. The summed E-state index contributed by atoms with van der Waals surface area (Å²) in [6, 6.07) is 82.9. The van der Waals surface area contributed by atoms with Crippen LogP contribution in [0, 0.1) is 0 Å². The lowest BCUT2D eigenvalue weighted by Crippen LogP contribution is -2.28. The van der Waals surface area contributed by atoms with E-state index in [-0.39, 0.29) is 5.41 Å². The third-order valence-electron chi connectivity index (χ3n) is 13.0. The first kappa shape index (κ1) is 35.0. The molecule has 9 aromatic rings. The van der Waals surface area contributed by atoms with E-state index in [2.05, 4.69) is 243 Å². The van der Waals surface area contributed by atoms with E-state index in [1.54, 1.807) is 0 Å². The van der Waals surface area contributed by atoms with Crippen molar-refractivity contribution < 1.29 is 0 Å². The number of benzene rings is 9. The number of rotatable bonds is 7. The van der Waals surface area contributed by atoms with E-state index >= 15 is 0 Å². The Kier molecular flexibility index (Phi) is 8.13. The van der Waals surface area contributed by atoms with Crippen molar-refractivity contribution in [2.45, 2.75) is 24.7 Å². The van der Waals surface area contributed by atoms with Crippen LogP contribution in [0.2, 0.25) is 0 Å². The van der Waals surface area contributed by atoms with Crippen LogP contribution in [0.15, 0.2) is 224 Å². The van der Waals surface area contributed by atoms with E-state index in [0.717, 1.165) is 17.1 Å². The molecular weight excluding hydrogens is 711 g/mol. The second-order valence-corrected chi connectivity index (χ2v) is 16.5. The number of anilines is 3. The molecule has 0 aromatic heterocycles. The zero-order valence-corrected chi connectivity index (χ0v) is 33.3. The van der Waals surface area contributed by atoms with Crippen LogP contribution < -0.4 is 4.90 Å². The maximum Gasteiger partial charge on any atom is 0.0713 e. The summed E-state index contributed by atoms with van der Waals surface area (Å²) in [6.45, 7) is 4.73. The van der Waals surface area contributed by atoms with Crippen molar-refractivity contribution in [3.05, 3.63) is 258 Å². The van der Waals surface area contributed by atoms with Gasteiger partial charge in [-0.05, 0) is 120 Å². The molecule has 0 saturated carbocycles. The van der Waals surface area contributed by atoms with Gasteiger partial charge in [-0.1, -0.05) is 196 Å². The van der Waals surface area contributed by atoms with Gasteiger partial charge in [-0.15, -0.1) is 0 Å². The Hall–Kier alpha value is -7.22. The highest BCUT2D eigenvalue weighted by molar-refractivity contribution is 5.91. The number of fused-ring (bicyclic) bond motifs is 6. The predicted octanol–water partition coefficient (Wildman–Crippen LogP) is 15.2. The Balaban J connectivity index is 1.09. The molecule has 2 aliphatic rings. The van der Waals surface area contributed by atoms with Crippen LogP contribution in [0.1, 0.15) is 47.2 Å². The Morgan fingerprint density at radius 3 is 1.41 bits per heavy atom. The van der Waals surface area contributed by atoms with Gasteiger partial charge in [-0.2, -0.15) is 0 Å². The van der Waals surface area contributed by atoms with Gasteiger partial charge in [0, 0.05) is 22.5 Å². The predicted molar refractivity (Wildman–Crippen MR) is 247 cm³/mol. The van der Waals surface area contributed by atoms with E-state index in [1.807, 2.05) is 0 Å². The molecule has 0 amide bonds. The first-order valence-electron chi connectivity index (χ1n) is 20.7. The molecule has 9 aromatic carbocycles. The van der Waals surface area contributed by atoms with E-state index < -0.39 is 5.41 Å². The van der Waals surface area contributed by atoms with Gasteiger partial charge in [-0.3, -0.25) is 0 Å². The number of hydrogen-bond acceptors (Lipinski definition) is 1. The average molecular weight is 754 g/mol. The van der Waals surface area contributed by atoms with Gasteiger partial charge < -0.3 is 4.90 Å². The molecule has 0 radical (unpaired) electrons. The largest absolute Gasteiger partial charge is 0.310 e. The quantitative estimate of drug-likeness (QED) is 0.157. The molecule has 0 heterocycles. The summed E-state index contributed by atoms with van der Waals surface area (Å²) in [7, 11) is 0. The minimum atomic E-state index is -0.447. The summed E-state index contributed by atoms with van der Waals surface area (Å²) in [6.07, 6.45) is 0. The summed E-state index contributed by atoms with van der Waals surface area (Å²) in [5.74, 6) is 0. The smallest absolute Gasteiger partial charge is 0.0713 e. The van der Waals surface area contributed by atoms with Crippen molar-refractivity contribution in [3.8, 4) is 44.5 Å². The zero-order valence-electron chi connectivity index (χ0n) is 33.3. The molecule has 2 aliphatic carbocycles. The normalized spacial score (nSPS) is 13.9. The molecule has 0 spiro atoms. The number of nitrogens with zero attached hydrogens (tertiary/aromatic N) is 1. The third-order valence-corrected chi connectivity index (χ3v) is 13.0. The van der Waals surface area contributed by atoms with Crippen LogP contribution in [-0.2, 0) is 10.8 Å². The van der Waals surface area contributed by atoms with Crippen molar-refractivity contribution >= 4 is 17.1 Å². The number of hydrogen-bond donors (Lipinski definition) is 0. The minimum Gasteiger partial charge on any atom is -0.310 e. The zero-order chi connectivity index (χ0) is 39.6. The molecule has 0 aliphatic heterocycles.